The van der Waals surface area contributed by atoms with Gasteiger partial charge in [-0.15, -0.1) is 0 Å². The van der Waals surface area contributed by atoms with Crippen LogP contribution in [0.15, 0.2) is 145 Å². The van der Waals surface area contributed by atoms with E-state index in [1.54, 1.807) is 23.9 Å². The van der Waals surface area contributed by atoms with Gasteiger partial charge in [-0.2, -0.15) is 26.3 Å². The van der Waals surface area contributed by atoms with Crippen LogP contribution < -0.4 is 5.32 Å². The number of hydrogen-bond donors (Lipinski definition) is 1. The lowest BCUT2D eigenvalue weighted by Gasteiger charge is -2.45. The molecule has 2 atom stereocenters. The summed E-state index contributed by atoms with van der Waals surface area (Å²) < 4.78 is 116. The predicted molar refractivity (Wildman–Crippen MR) is 373 cm³/mol. The molecule has 1 spiro atoms. The molecule has 1 N–H and O–H groups in total. The molecule has 5 aromatic rings. The molecule has 544 valence electrons. The van der Waals surface area contributed by atoms with Crippen molar-refractivity contribution in [3.05, 3.63) is 184 Å². The van der Waals surface area contributed by atoms with E-state index in [2.05, 4.69) is 46.0 Å². The molecule has 5 aliphatic rings. The second-order valence-corrected chi connectivity index (χ2v) is 28.0. The van der Waals surface area contributed by atoms with E-state index in [1.807, 2.05) is 90.8 Å². The fourth-order valence-electron chi connectivity index (χ4n) is 14.8. The number of amides is 5. The number of likely N-dealkylation sites (N-methyl/N-ethyl adjacent to an activating group) is 2. The molecule has 0 aromatic heterocycles. The molecule has 3 saturated heterocycles. The molecule has 3 fully saturated rings. The van der Waals surface area contributed by atoms with Crippen LogP contribution >= 0.6 is 0 Å². The van der Waals surface area contributed by atoms with E-state index in [0.29, 0.717) is 93.5 Å². The third-order valence-corrected chi connectivity index (χ3v) is 21.0. The number of para-hydroxylation sites is 1. The van der Waals surface area contributed by atoms with Crippen molar-refractivity contribution in [2.45, 2.75) is 140 Å². The summed E-state index contributed by atoms with van der Waals surface area (Å²) in [7, 11) is 5.37. The van der Waals surface area contributed by atoms with E-state index >= 15 is 0 Å². The number of nitrogens with one attached hydrogen (secondary N) is 1. The van der Waals surface area contributed by atoms with E-state index < -0.39 is 59.2 Å². The maximum atomic E-state index is 14.3. The number of anilines is 1. The van der Waals surface area contributed by atoms with Crippen LogP contribution in [-0.4, -0.2) is 189 Å². The maximum Gasteiger partial charge on any atom is 0.416 e. The summed E-state index contributed by atoms with van der Waals surface area (Å²) in [5, 5.41) is 2.94. The van der Waals surface area contributed by atoms with Crippen LogP contribution in [0.4, 0.5) is 41.2 Å². The molecule has 3 aliphatic heterocycles. The third kappa shape index (κ3) is 19.6. The number of halogens is 7. The highest BCUT2D eigenvalue weighted by Gasteiger charge is 2.51. The SMILES string of the molecule is CC(C)N(CCCCCC(=O)N(C)CCN1CCC(OC(=O)Nc2ccccc2-c2ccccc2)CC1)Cc1ccc(C(=O)N(C)CCCN(C)C(=O)CO[C@H]2CC3=C(CCC=C3)C23CCN(CC[C@@]2(c4ccc(F)cc4)CN(C(=O)c4cc(C(F)(F)F)cc(C(F)(F)F)c4)CO2)CC3)cc1. The zero-order valence-corrected chi connectivity index (χ0v) is 58.6. The maximum absolute atomic E-state index is 14.3. The molecule has 16 nitrogen and oxygen atoms in total. The van der Waals surface area contributed by atoms with Crippen molar-refractivity contribution in [3.8, 4) is 11.1 Å². The molecule has 5 amide bonds. The van der Waals surface area contributed by atoms with Crippen molar-refractivity contribution in [1.82, 2.24) is 34.3 Å². The molecule has 5 aromatic carbocycles. The third-order valence-electron chi connectivity index (χ3n) is 21.0. The lowest BCUT2D eigenvalue weighted by Crippen LogP contribution is -2.48. The van der Waals surface area contributed by atoms with Gasteiger partial charge in [0.05, 0.1) is 29.5 Å². The second kappa shape index (κ2) is 33.9. The molecule has 0 unspecified atom stereocenters. The Labute approximate surface area is 588 Å². The molecule has 101 heavy (non-hydrogen) atoms. The summed E-state index contributed by atoms with van der Waals surface area (Å²) in [6.07, 6.45) is 2.52. The molecule has 0 bridgehead atoms. The van der Waals surface area contributed by atoms with Gasteiger partial charge in [-0.3, -0.25) is 29.4 Å². The lowest BCUT2D eigenvalue weighted by atomic mass is 9.69. The van der Waals surface area contributed by atoms with Crippen LogP contribution in [-0.2, 0) is 48.3 Å². The first-order valence-corrected chi connectivity index (χ1v) is 35.4. The van der Waals surface area contributed by atoms with Gasteiger partial charge in [0.2, 0.25) is 11.8 Å². The zero-order chi connectivity index (χ0) is 72.1. The lowest BCUT2D eigenvalue weighted by molar-refractivity contribution is -0.143. The van der Waals surface area contributed by atoms with Crippen LogP contribution in [0.25, 0.3) is 11.1 Å². The van der Waals surface area contributed by atoms with Crippen LogP contribution in [0, 0.1) is 11.2 Å². The molecule has 0 radical (unpaired) electrons. The van der Waals surface area contributed by atoms with Gasteiger partial charge < -0.3 is 43.6 Å². The van der Waals surface area contributed by atoms with E-state index in [4.69, 9.17) is 14.2 Å². The van der Waals surface area contributed by atoms with Gasteiger partial charge in [0.15, 0.2) is 0 Å². The zero-order valence-electron chi connectivity index (χ0n) is 58.6. The van der Waals surface area contributed by atoms with Gasteiger partial charge in [0.25, 0.3) is 11.8 Å². The molecule has 2 aliphatic carbocycles. The number of carbonyl (C=O) groups is 5. The van der Waals surface area contributed by atoms with Crippen LogP contribution in [0.1, 0.15) is 140 Å². The number of fused-ring (bicyclic) bond motifs is 1. The van der Waals surface area contributed by atoms with Crippen LogP contribution in [0.5, 0.6) is 0 Å². The Bertz CT molecular complexity index is 3670. The molecule has 10 rings (SSSR count). The van der Waals surface area contributed by atoms with E-state index in [9.17, 15) is 54.7 Å². The number of carbonyl (C=O) groups excluding carboxylic acids is 5. The van der Waals surface area contributed by atoms with E-state index in [-0.39, 0.29) is 61.0 Å². The number of rotatable bonds is 28. The Morgan fingerprint density at radius 3 is 2.03 bits per heavy atom. The summed E-state index contributed by atoms with van der Waals surface area (Å²) in [4.78, 5) is 80.4. The Morgan fingerprint density at radius 2 is 1.35 bits per heavy atom. The molecular weight excluding hydrogens is 1310 g/mol. The molecule has 0 saturated carbocycles. The van der Waals surface area contributed by atoms with Gasteiger partial charge in [-0.25, -0.2) is 9.18 Å². The van der Waals surface area contributed by atoms with Gasteiger partial charge in [-0.1, -0.05) is 96.9 Å². The number of alkyl halides is 6. The highest BCUT2D eigenvalue weighted by Crippen LogP contribution is 2.55. The van der Waals surface area contributed by atoms with Crippen molar-refractivity contribution in [1.29, 1.82) is 0 Å². The highest BCUT2D eigenvalue weighted by atomic mass is 19.4. The summed E-state index contributed by atoms with van der Waals surface area (Å²) in [6, 6.07) is 31.9. The summed E-state index contributed by atoms with van der Waals surface area (Å²) in [5.74, 6) is -1.74. The first-order valence-electron chi connectivity index (χ1n) is 35.4. The number of allylic oxidation sites excluding steroid dienone is 2. The fourth-order valence-corrected chi connectivity index (χ4v) is 14.8. The average Bonchev–Trinajstić information content (AvgIpc) is 1.60. The number of hydrogen-bond acceptors (Lipinski definition) is 11. The molecule has 23 heteroatoms. The van der Waals surface area contributed by atoms with Crippen LogP contribution in [0.2, 0.25) is 0 Å². The summed E-state index contributed by atoms with van der Waals surface area (Å²) in [6.45, 7) is 10.8. The standard InChI is InChI=1S/C78H95F7N8O8/c1-55(2)92(39-15-7-10-23-70(94)88(4)45-46-90-40-32-65(33-41-90)101-74(98)86-68-22-14-12-20-66(68)57-17-8-6-9-18-57)51-56-24-26-58(27-25-56)72(96)89(5)38-16-37-87(3)71(95)52-99-69-49-59-19-11-13-21-67(59)75(69)34-42-91(43-35-75)44-36-76(61-28-30-64(79)31-29-61)53-93(54-100-76)73(97)60-47-62(77(80,81)82)50-63(48-60)78(83,84)85/h6,8-9,11-12,14,17-20,22,24-31,47-48,50,55,65,69H,7,10,13,15-16,21,23,32-46,49,51-54H2,1-5H3,(H,86,98)/t69-,76-/m0/s1. The number of piperidine rings is 2. The van der Waals surface area contributed by atoms with E-state index in [1.165, 1.54) is 35.4 Å². The number of benzene rings is 5. The Hall–Kier alpha value is -7.96. The van der Waals surface area contributed by atoms with Gasteiger partial charge in [0, 0.05) is 108 Å². The van der Waals surface area contributed by atoms with Crippen molar-refractivity contribution in [3.63, 3.8) is 0 Å². The highest BCUT2D eigenvalue weighted by molar-refractivity contribution is 5.95. The van der Waals surface area contributed by atoms with Gasteiger partial charge >= 0.3 is 18.4 Å². The van der Waals surface area contributed by atoms with Gasteiger partial charge in [0.1, 0.15) is 30.9 Å². The fraction of sp³-hybridized carbons (Fsp3) is 0.500. The first kappa shape index (κ1) is 75.7. The first-order chi connectivity index (χ1) is 48.3. The number of nitrogens with zero attached hydrogens (tertiary/aromatic N) is 7. The predicted octanol–water partition coefficient (Wildman–Crippen LogP) is 14.3. The summed E-state index contributed by atoms with van der Waals surface area (Å²) in [5.41, 5.74) is 1.84. The Morgan fingerprint density at radius 1 is 0.693 bits per heavy atom. The van der Waals surface area contributed by atoms with Crippen molar-refractivity contribution >= 4 is 35.4 Å². The Kier molecular flexibility index (Phi) is 25.4. The van der Waals surface area contributed by atoms with Crippen molar-refractivity contribution in [2.75, 3.05) is 112 Å². The largest absolute Gasteiger partial charge is 0.446 e. The topological polar surface area (TPSA) is 148 Å². The normalized spacial score (nSPS) is 18.9. The minimum absolute atomic E-state index is 0.0229. The monoisotopic (exact) mass is 1400 g/mol. The van der Waals surface area contributed by atoms with Crippen molar-refractivity contribution < 1.29 is 68.9 Å². The summed E-state index contributed by atoms with van der Waals surface area (Å²) >= 11 is 0. The molecule has 3 heterocycles. The second-order valence-electron chi connectivity index (χ2n) is 28.0. The number of unbranched alkanes of at least 4 members (excludes halogenated alkanes) is 2. The van der Waals surface area contributed by atoms with Crippen LogP contribution in [0.3, 0.4) is 0 Å². The minimum Gasteiger partial charge on any atom is -0.446 e. The molecular formula is C78H95F7N8O8. The van der Waals surface area contributed by atoms with E-state index in [0.717, 1.165) is 112 Å². The minimum atomic E-state index is -5.15. The Balaban J connectivity index is 0.614. The number of ether oxygens (including phenoxy) is 3. The van der Waals surface area contributed by atoms with Gasteiger partial charge in [-0.05, 0) is 175 Å². The quantitative estimate of drug-likeness (QED) is 0.0377. The number of likely N-dealkylation sites (tertiary alicyclic amines) is 2. The smallest absolute Gasteiger partial charge is 0.416 e. The van der Waals surface area contributed by atoms with Crippen molar-refractivity contribution in [2.24, 2.45) is 5.41 Å². The average molecular weight is 1410 g/mol.